The lowest BCUT2D eigenvalue weighted by Crippen LogP contribution is -2.23. The summed E-state index contributed by atoms with van der Waals surface area (Å²) in [7, 11) is 0. The van der Waals surface area contributed by atoms with Gasteiger partial charge in [0, 0.05) is 17.9 Å². The Morgan fingerprint density at radius 2 is 1.95 bits per heavy atom. The van der Waals surface area contributed by atoms with Gasteiger partial charge in [-0.1, -0.05) is 0 Å². The maximum absolute atomic E-state index is 8.94. The number of aromatic nitrogens is 2. The minimum atomic E-state index is 0.346. The average Bonchev–Trinajstić information content (AvgIpc) is 3.21. The normalized spacial score (nSPS) is 20.7. The van der Waals surface area contributed by atoms with Crippen LogP contribution in [0, 0.1) is 11.3 Å². The summed E-state index contributed by atoms with van der Waals surface area (Å²) in [4.78, 5) is 10.9. The molecule has 1 aliphatic carbocycles. The van der Waals surface area contributed by atoms with Crippen LogP contribution >= 0.6 is 0 Å². The number of aryl methyl sites for hydroxylation is 2. The number of benzene rings is 1. The molecule has 1 fully saturated rings. The molecule has 1 atom stereocenters. The van der Waals surface area contributed by atoms with Crippen molar-refractivity contribution in [1.29, 1.82) is 5.26 Å². The highest BCUT2D eigenvalue weighted by molar-refractivity contribution is 5.52. The van der Waals surface area contributed by atoms with Crippen molar-refractivity contribution < 1.29 is 0 Å². The number of anilines is 1. The maximum atomic E-state index is 8.94. The van der Waals surface area contributed by atoms with Crippen LogP contribution in [0.15, 0.2) is 24.3 Å². The van der Waals surface area contributed by atoms with Crippen molar-refractivity contribution in [3.8, 4) is 6.07 Å². The van der Waals surface area contributed by atoms with Crippen LogP contribution in [-0.4, -0.2) is 16.5 Å². The van der Waals surface area contributed by atoms with E-state index < -0.39 is 0 Å². The Labute approximate surface area is 130 Å². The van der Waals surface area contributed by atoms with E-state index >= 15 is 0 Å². The number of nitrogens with zero attached hydrogens (tertiary/aromatic N) is 3. The number of fused-ring (bicyclic) bond motifs is 1. The molecule has 0 spiro atoms. The van der Waals surface area contributed by atoms with Gasteiger partial charge >= 0.3 is 0 Å². The fourth-order valence-corrected chi connectivity index (χ4v) is 3.72. The number of hydrogen-bond acceptors (Lipinski definition) is 3. The number of imidazole rings is 1. The number of H-pyrrole nitrogens is 1. The molecule has 4 nitrogen and oxygen atoms in total. The van der Waals surface area contributed by atoms with Gasteiger partial charge < -0.3 is 9.88 Å². The zero-order valence-corrected chi connectivity index (χ0v) is 12.7. The smallest absolute Gasteiger partial charge is 0.129 e. The molecule has 0 amide bonds. The molecule has 2 aromatic rings. The third-order valence-electron chi connectivity index (χ3n) is 4.87. The van der Waals surface area contributed by atoms with Crippen molar-refractivity contribution in [2.75, 3.05) is 11.4 Å². The van der Waals surface area contributed by atoms with E-state index in [9.17, 15) is 0 Å². The van der Waals surface area contributed by atoms with E-state index in [2.05, 4.69) is 28.1 Å². The molecule has 4 heteroatoms. The van der Waals surface area contributed by atoms with Gasteiger partial charge in [0.05, 0.1) is 23.4 Å². The molecule has 0 radical (unpaired) electrons. The molecule has 1 saturated heterocycles. The van der Waals surface area contributed by atoms with Crippen molar-refractivity contribution in [2.24, 2.45) is 0 Å². The van der Waals surface area contributed by atoms with E-state index in [4.69, 9.17) is 10.2 Å². The number of nitriles is 1. The van der Waals surface area contributed by atoms with Gasteiger partial charge in [0.25, 0.3) is 0 Å². The van der Waals surface area contributed by atoms with E-state index in [0.29, 0.717) is 11.6 Å². The Bertz CT molecular complexity index is 684. The van der Waals surface area contributed by atoms with E-state index in [1.165, 1.54) is 36.3 Å². The molecule has 1 unspecified atom stereocenters. The molecular formula is C18H20N4. The highest BCUT2D eigenvalue weighted by Gasteiger charge is 2.29. The van der Waals surface area contributed by atoms with E-state index in [-0.39, 0.29) is 0 Å². The van der Waals surface area contributed by atoms with Crippen LogP contribution in [0.1, 0.15) is 54.5 Å². The van der Waals surface area contributed by atoms with Crippen molar-refractivity contribution in [3.05, 3.63) is 47.0 Å². The van der Waals surface area contributed by atoms with Gasteiger partial charge in [0.2, 0.25) is 0 Å². The lowest BCUT2D eigenvalue weighted by Gasteiger charge is -2.25. The Morgan fingerprint density at radius 3 is 2.73 bits per heavy atom. The second kappa shape index (κ2) is 5.49. The molecule has 112 valence electrons. The first kappa shape index (κ1) is 13.4. The number of rotatable bonds is 2. The molecule has 0 saturated carbocycles. The second-order valence-electron chi connectivity index (χ2n) is 6.26. The van der Waals surface area contributed by atoms with Crippen LogP contribution in [0.2, 0.25) is 0 Å². The van der Waals surface area contributed by atoms with Crippen molar-refractivity contribution >= 4 is 5.69 Å². The third kappa shape index (κ3) is 2.27. The van der Waals surface area contributed by atoms with Gasteiger partial charge in [-0.25, -0.2) is 4.98 Å². The Morgan fingerprint density at radius 1 is 1.14 bits per heavy atom. The highest BCUT2D eigenvalue weighted by Crippen LogP contribution is 2.36. The first-order valence-electron chi connectivity index (χ1n) is 8.19. The number of hydrogen-bond donors (Lipinski definition) is 1. The molecule has 2 aliphatic rings. The van der Waals surface area contributed by atoms with Crippen molar-refractivity contribution in [2.45, 2.75) is 44.6 Å². The van der Waals surface area contributed by atoms with Crippen LogP contribution in [0.4, 0.5) is 5.69 Å². The van der Waals surface area contributed by atoms with Crippen LogP contribution < -0.4 is 4.90 Å². The fourth-order valence-electron chi connectivity index (χ4n) is 3.72. The summed E-state index contributed by atoms with van der Waals surface area (Å²) in [6, 6.07) is 10.4. The average molecular weight is 292 g/mol. The Balaban J connectivity index is 1.62. The standard InChI is InChI=1S/C18H20N4/c19-12-13-7-9-14(10-8-13)22-11-3-6-17(22)18-20-15-4-1-2-5-16(15)21-18/h7-10,17H,1-6,11H2,(H,20,21). The molecule has 1 aliphatic heterocycles. The second-order valence-corrected chi connectivity index (χ2v) is 6.26. The topological polar surface area (TPSA) is 55.7 Å². The van der Waals surface area contributed by atoms with E-state index in [1.54, 1.807) is 0 Å². The van der Waals surface area contributed by atoms with Crippen LogP contribution in [-0.2, 0) is 12.8 Å². The highest BCUT2D eigenvalue weighted by atomic mass is 15.2. The van der Waals surface area contributed by atoms with Gasteiger partial charge in [-0.3, -0.25) is 0 Å². The summed E-state index contributed by atoms with van der Waals surface area (Å²) < 4.78 is 0. The number of nitrogens with one attached hydrogen (secondary N) is 1. The quantitative estimate of drug-likeness (QED) is 0.921. The van der Waals surface area contributed by atoms with Gasteiger partial charge in [-0.15, -0.1) is 0 Å². The SMILES string of the molecule is N#Cc1ccc(N2CCCC2c2nc3c([nH]2)CCCC3)cc1. The largest absolute Gasteiger partial charge is 0.361 e. The lowest BCUT2D eigenvalue weighted by molar-refractivity contribution is 0.667. The van der Waals surface area contributed by atoms with Gasteiger partial charge in [0.15, 0.2) is 0 Å². The van der Waals surface area contributed by atoms with Crippen LogP contribution in [0.5, 0.6) is 0 Å². The molecule has 22 heavy (non-hydrogen) atoms. The first-order chi connectivity index (χ1) is 10.8. The van der Waals surface area contributed by atoms with Crippen molar-refractivity contribution in [3.63, 3.8) is 0 Å². The van der Waals surface area contributed by atoms with Gasteiger partial charge in [0.1, 0.15) is 5.82 Å². The summed E-state index contributed by atoms with van der Waals surface area (Å²) in [5.41, 5.74) is 4.55. The van der Waals surface area contributed by atoms with E-state index in [1.807, 2.05) is 12.1 Å². The minimum Gasteiger partial charge on any atom is -0.361 e. The molecule has 1 N–H and O–H groups in total. The molecule has 4 rings (SSSR count). The third-order valence-corrected chi connectivity index (χ3v) is 4.87. The molecular weight excluding hydrogens is 272 g/mol. The van der Waals surface area contributed by atoms with Gasteiger partial charge in [-0.05, 0) is 62.8 Å². The molecule has 0 bridgehead atoms. The zero-order chi connectivity index (χ0) is 14.9. The van der Waals surface area contributed by atoms with E-state index in [0.717, 1.165) is 31.6 Å². The predicted octanol–water partition coefficient (Wildman–Crippen LogP) is 3.50. The first-order valence-corrected chi connectivity index (χ1v) is 8.19. The van der Waals surface area contributed by atoms with Crippen LogP contribution in [0.25, 0.3) is 0 Å². The zero-order valence-electron chi connectivity index (χ0n) is 12.7. The monoisotopic (exact) mass is 292 g/mol. The Hall–Kier alpha value is -2.28. The summed E-state index contributed by atoms with van der Waals surface area (Å²) in [6.45, 7) is 1.06. The summed E-state index contributed by atoms with van der Waals surface area (Å²) in [5.74, 6) is 1.13. The predicted molar refractivity (Wildman–Crippen MR) is 85.7 cm³/mol. The van der Waals surface area contributed by atoms with Crippen molar-refractivity contribution in [1.82, 2.24) is 9.97 Å². The fraction of sp³-hybridized carbons (Fsp3) is 0.444. The molecule has 1 aromatic carbocycles. The minimum absolute atomic E-state index is 0.346. The maximum Gasteiger partial charge on any atom is 0.129 e. The number of aromatic amines is 1. The van der Waals surface area contributed by atoms with Crippen LogP contribution in [0.3, 0.4) is 0 Å². The summed E-state index contributed by atoms with van der Waals surface area (Å²) in [6.07, 6.45) is 7.14. The molecule has 1 aromatic heterocycles. The lowest BCUT2D eigenvalue weighted by atomic mass is 10.0. The van der Waals surface area contributed by atoms with Gasteiger partial charge in [-0.2, -0.15) is 5.26 Å². The Kier molecular flexibility index (Phi) is 3.34. The summed E-state index contributed by atoms with van der Waals surface area (Å²) in [5, 5.41) is 8.94. The summed E-state index contributed by atoms with van der Waals surface area (Å²) >= 11 is 0. The molecule has 2 heterocycles.